The molecule has 1 atom stereocenters. The summed E-state index contributed by atoms with van der Waals surface area (Å²) >= 11 is 0. The van der Waals surface area contributed by atoms with Crippen LogP contribution in [0.5, 0.6) is 0 Å². The number of hydrogen-bond donors (Lipinski definition) is 0. The zero-order chi connectivity index (χ0) is 16.7. The Morgan fingerprint density at radius 3 is 1.33 bits per heavy atom. The van der Waals surface area contributed by atoms with Crippen LogP contribution in [0.3, 0.4) is 0 Å². The van der Waals surface area contributed by atoms with Gasteiger partial charge in [0.2, 0.25) is 0 Å². The molecule has 24 heavy (non-hydrogen) atoms. The highest BCUT2D eigenvalue weighted by molar-refractivity contribution is 7.40. The van der Waals surface area contributed by atoms with Gasteiger partial charge in [0.25, 0.3) is 0 Å². The second-order valence-electron chi connectivity index (χ2n) is 6.13. The highest BCUT2D eigenvalue weighted by atomic mass is 31.1. The van der Waals surface area contributed by atoms with E-state index in [-0.39, 0.29) is 5.16 Å². The molecular weight excluding hydrogens is 307 g/mol. The zero-order valence-corrected chi connectivity index (χ0v) is 15.3. The van der Waals surface area contributed by atoms with Gasteiger partial charge in [-0.3, -0.25) is 0 Å². The van der Waals surface area contributed by atoms with Crippen LogP contribution in [0.4, 0.5) is 0 Å². The van der Waals surface area contributed by atoms with Crippen molar-refractivity contribution in [3.63, 3.8) is 0 Å². The smallest absolute Gasteiger partial charge is 0.0619 e. The zero-order valence-electron chi connectivity index (χ0n) is 14.3. The maximum atomic E-state index is 2.29. The quantitative estimate of drug-likeness (QED) is 0.265. The molecule has 0 aliphatic heterocycles. The summed E-state index contributed by atoms with van der Waals surface area (Å²) in [4.78, 5) is 0. The van der Waals surface area contributed by atoms with E-state index in [1.807, 2.05) is 0 Å². The van der Waals surface area contributed by atoms with Gasteiger partial charge in [-0.15, -0.1) is 8.58 Å². The number of hydrogen-bond acceptors (Lipinski definition) is 0. The van der Waals surface area contributed by atoms with Crippen LogP contribution in [-0.2, 0) is 5.16 Å². The minimum absolute atomic E-state index is 0.0427. The van der Waals surface area contributed by atoms with Crippen LogP contribution in [0.2, 0.25) is 0 Å². The molecule has 0 aromatic heterocycles. The SMILES string of the molecule is CCCCPC(c1ccccc1)(c1ccccc1)c1ccccc1. The summed E-state index contributed by atoms with van der Waals surface area (Å²) in [7, 11) is 0.833. The Morgan fingerprint density at radius 2 is 1.00 bits per heavy atom. The lowest BCUT2D eigenvalue weighted by Crippen LogP contribution is -2.24. The van der Waals surface area contributed by atoms with Crippen LogP contribution in [0.15, 0.2) is 91.0 Å². The molecule has 1 heteroatoms. The van der Waals surface area contributed by atoms with E-state index < -0.39 is 0 Å². The van der Waals surface area contributed by atoms with Gasteiger partial charge in [0.05, 0.1) is 5.16 Å². The van der Waals surface area contributed by atoms with Crippen LogP contribution < -0.4 is 0 Å². The summed E-state index contributed by atoms with van der Waals surface area (Å²) in [5.74, 6) is 0. The van der Waals surface area contributed by atoms with Gasteiger partial charge in [0.1, 0.15) is 0 Å². The molecule has 0 N–H and O–H groups in total. The minimum Gasteiger partial charge on any atom is -0.101 e. The predicted octanol–water partition coefficient (Wildman–Crippen LogP) is 6.46. The highest BCUT2D eigenvalue weighted by Gasteiger charge is 2.35. The van der Waals surface area contributed by atoms with Crippen molar-refractivity contribution in [2.75, 3.05) is 6.16 Å². The largest absolute Gasteiger partial charge is 0.101 e. The highest BCUT2D eigenvalue weighted by Crippen LogP contribution is 2.52. The molecule has 0 amide bonds. The van der Waals surface area contributed by atoms with Crippen molar-refractivity contribution in [1.82, 2.24) is 0 Å². The molecule has 0 radical (unpaired) electrons. The molecule has 0 aliphatic rings. The van der Waals surface area contributed by atoms with Crippen LogP contribution in [0.1, 0.15) is 36.5 Å². The maximum Gasteiger partial charge on any atom is 0.0619 e. The Hall–Kier alpha value is -1.91. The van der Waals surface area contributed by atoms with E-state index in [4.69, 9.17) is 0 Å². The van der Waals surface area contributed by atoms with E-state index >= 15 is 0 Å². The molecule has 0 aliphatic carbocycles. The molecule has 0 fully saturated rings. The molecule has 0 spiro atoms. The van der Waals surface area contributed by atoms with Crippen molar-refractivity contribution < 1.29 is 0 Å². The fourth-order valence-corrected chi connectivity index (χ4v) is 5.34. The van der Waals surface area contributed by atoms with Gasteiger partial charge < -0.3 is 0 Å². The van der Waals surface area contributed by atoms with Crippen molar-refractivity contribution in [2.45, 2.75) is 24.9 Å². The minimum atomic E-state index is -0.0427. The van der Waals surface area contributed by atoms with Gasteiger partial charge in [-0.25, -0.2) is 0 Å². The van der Waals surface area contributed by atoms with E-state index in [2.05, 4.69) is 97.9 Å². The van der Waals surface area contributed by atoms with Gasteiger partial charge in [0, 0.05) is 0 Å². The van der Waals surface area contributed by atoms with Crippen LogP contribution in [-0.4, -0.2) is 6.16 Å². The molecular formula is C23H25P. The predicted molar refractivity (Wildman–Crippen MR) is 107 cm³/mol. The van der Waals surface area contributed by atoms with Gasteiger partial charge >= 0.3 is 0 Å². The van der Waals surface area contributed by atoms with Gasteiger partial charge in [-0.2, -0.15) is 0 Å². The Bertz CT molecular complexity index is 623. The molecule has 122 valence electrons. The summed E-state index contributed by atoms with van der Waals surface area (Å²) in [6, 6.07) is 33.1. The van der Waals surface area contributed by atoms with Crippen molar-refractivity contribution >= 4 is 8.58 Å². The Kier molecular flexibility index (Phi) is 5.83. The first-order valence-corrected chi connectivity index (χ1v) is 10.00. The summed E-state index contributed by atoms with van der Waals surface area (Å²) in [6.45, 7) is 2.28. The van der Waals surface area contributed by atoms with E-state index in [0.29, 0.717) is 0 Å². The fraction of sp³-hybridized carbons (Fsp3) is 0.217. The number of unbranched alkanes of at least 4 members (excludes halogenated alkanes) is 1. The van der Waals surface area contributed by atoms with Crippen molar-refractivity contribution in [3.8, 4) is 0 Å². The third kappa shape index (κ3) is 3.45. The molecule has 3 rings (SSSR count). The summed E-state index contributed by atoms with van der Waals surface area (Å²) in [5, 5.41) is -0.0427. The monoisotopic (exact) mass is 332 g/mol. The summed E-state index contributed by atoms with van der Waals surface area (Å²) in [5.41, 5.74) is 4.20. The second kappa shape index (κ2) is 8.27. The van der Waals surface area contributed by atoms with Crippen molar-refractivity contribution in [1.29, 1.82) is 0 Å². The maximum absolute atomic E-state index is 2.29. The molecule has 0 saturated heterocycles. The first-order valence-electron chi connectivity index (χ1n) is 8.79. The summed E-state index contributed by atoms with van der Waals surface area (Å²) < 4.78 is 0. The average Bonchev–Trinajstić information content (AvgIpc) is 2.68. The Labute approximate surface area is 147 Å². The lowest BCUT2D eigenvalue weighted by molar-refractivity contribution is 0.852. The standard InChI is InChI=1S/C23H25P/c1-2-3-19-24-23(20-13-7-4-8-14-20,21-15-9-5-10-16-21)22-17-11-6-12-18-22/h4-18,24H,2-3,19H2,1H3. The van der Waals surface area contributed by atoms with E-state index in [9.17, 15) is 0 Å². The third-order valence-corrected chi connectivity index (χ3v) is 6.54. The van der Waals surface area contributed by atoms with Gasteiger partial charge in [-0.05, 0) is 29.3 Å². The van der Waals surface area contributed by atoms with Crippen LogP contribution in [0, 0.1) is 0 Å². The number of rotatable bonds is 7. The molecule has 0 heterocycles. The van der Waals surface area contributed by atoms with E-state index in [0.717, 1.165) is 8.58 Å². The normalized spacial score (nSPS) is 11.9. The summed E-state index contributed by atoms with van der Waals surface area (Å²) in [6.07, 6.45) is 3.79. The first kappa shape index (κ1) is 16.9. The second-order valence-corrected chi connectivity index (χ2v) is 7.73. The van der Waals surface area contributed by atoms with Crippen molar-refractivity contribution in [2.24, 2.45) is 0 Å². The molecule has 0 bridgehead atoms. The Balaban J connectivity index is 2.20. The molecule has 0 saturated carbocycles. The lowest BCUT2D eigenvalue weighted by Gasteiger charge is -2.36. The average molecular weight is 332 g/mol. The van der Waals surface area contributed by atoms with Gasteiger partial charge in [-0.1, -0.05) is 104 Å². The van der Waals surface area contributed by atoms with E-state index in [1.54, 1.807) is 0 Å². The molecule has 3 aromatic carbocycles. The lowest BCUT2D eigenvalue weighted by atomic mass is 9.84. The molecule has 3 aromatic rings. The Morgan fingerprint density at radius 1 is 0.625 bits per heavy atom. The van der Waals surface area contributed by atoms with Crippen LogP contribution >= 0.6 is 8.58 Å². The van der Waals surface area contributed by atoms with Gasteiger partial charge in [0.15, 0.2) is 0 Å². The molecule has 1 unspecified atom stereocenters. The third-order valence-electron chi connectivity index (χ3n) is 4.54. The number of benzene rings is 3. The van der Waals surface area contributed by atoms with E-state index in [1.165, 1.54) is 35.7 Å². The van der Waals surface area contributed by atoms with Crippen LogP contribution in [0.25, 0.3) is 0 Å². The van der Waals surface area contributed by atoms with Crippen molar-refractivity contribution in [3.05, 3.63) is 108 Å². The topological polar surface area (TPSA) is 0 Å². The molecule has 0 nitrogen and oxygen atoms in total. The first-order chi connectivity index (χ1) is 11.9. The fourth-order valence-electron chi connectivity index (χ4n) is 3.32.